The second-order valence-corrected chi connectivity index (χ2v) is 5.51. The first-order valence-corrected chi connectivity index (χ1v) is 6.30. The second kappa shape index (κ2) is 4.00. The van der Waals surface area contributed by atoms with Crippen LogP contribution in [0, 0.1) is 0 Å². The zero-order valence-electron chi connectivity index (χ0n) is 10.2. The predicted molar refractivity (Wildman–Crippen MR) is 66.2 cm³/mol. The third-order valence-electron chi connectivity index (χ3n) is 3.59. The van der Waals surface area contributed by atoms with E-state index < -0.39 is 5.60 Å². The minimum atomic E-state index is -0.421. The third-order valence-corrected chi connectivity index (χ3v) is 3.59. The summed E-state index contributed by atoms with van der Waals surface area (Å²) in [5.41, 5.74) is 0.755. The van der Waals surface area contributed by atoms with Crippen LogP contribution in [0.5, 0.6) is 5.75 Å². The fourth-order valence-corrected chi connectivity index (χ4v) is 2.34. The zero-order valence-corrected chi connectivity index (χ0v) is 10.2. The van der Waals surface area contributed by atoms with Gasteiger partial charge in [0.15, 0.2) is 0 Å². The van der Waals surface area contributed by atoms with Crippen molar-refractivity contribution < 1.29 is 9.84 Å². The molecule has 2 aliphatic rings. The standard InChI is InChI=1S/C14H19NO2/c1-15-9-13(10-15)17-12-4-2-3-11(7-12)8-14(16)5-6-14/h2-4,7,13,16H,5-6,8-10H2,1H3. The van der Waals surface area contributed by atoms with E-state index >= 15 is 0 Å². The Balaban J connectivity index is 1.62. The summed E-state index contributed by atoms with van der Waals surface area (Å²) >= 11 is 0. The average molecular weight is 233 g/mol. The van der Waals surface area contributed by atoms with Crippen LogP contribution in [0.1, 0.15) is 18.4 Å². The molecule has 0 amide bonds. The predicted octanol–water partition coefficient (Wildman–Crippen LogP) is 1.45. The second-order valence-electron chi connectivity index (χ2n) is 5.51. The van der Waals surface area contributed by atoms with E-state index in [-0.39, 0.29) is 0 Å². The van der Waals surface area contributed by atoms with E-state index in [1.807, 2.05) is 12.1 Å². The normalized spacial score (nSPS) is 23.2. The minimum Gasteiger partial charge on any atom is -0.488 e. The Kier molecular flexibility index (Phi) is 2.60. The Hall–Kier alpha value is -1.06. The van der Waals surface area contributed by atoms with E-state index in [0.717, 1.165) is 38.1 Å². The van der Waals surface area contributed by atoms with E-state index in [0.29, 0.717) is 6.10 Å². The van der Waals surface area contributed by atoms with Crippen LogP contribution in [-0.4, -0.2) is 41.8 Å². The molecule has 0 unspecified atom stereocenters. The van der Waals surface area contributed by atoms with Gasteiger partial charge in [-0.15, -0.1) is 0 Å². The number of hydrogen-bond acceptors (Lipinski definition) is 3. The number of ether oxygens (including phenoxy) is 1. The molecule has 0 aromatic heterocycles. The van der Waals surface area contributed by atoms with Crippen LogP contribution in [-0.2, 0) is 6.42 Å². The zero-order chi connectivity index (χ0) is 11.9. The molecule has 1 aromatic carbocycles. The molecule has 3 nitrogen and oxygen atoms in total. The molecule has 3 heteroatoms. The van der Waals surface area contributed by atoms with Crippen molar-refractivity contribution in [2.75, 3.05) is 20.1 Å². The lowest BCUT2D eigenvalue weighted by molar-refractivity contribution is 0.0387. The van der Waals surface area contributed by atoms with Gasteiger partial charge in [0, 0.05) is 19.5 Å². The van der Waals surface area contributed by atoms with E-state index in [4.69, 9.17) is 4.74 Å². The summed E-state index contributed by atoms with van der Waals surface area (Å²) in [6, 6.07) is 8.14. The first kappa shape index (κ1) is 11.1. The van der Waals surface area contributed by atoms with Crippen LogP contribution < -0.4 is 4.74 Å². The van der Waals surface area contributed by atoms with Crippen LogP contribution in [0.3, 0.4) is 0 Å². The van der Waals surface area contributed by atoms with Gasteiger partial charge in [-0.1, -0.05) is 12.1 Å². The first-order valence-electron chi connectivity index (χ1n) is 6.30. The summed E-state index contributed by atoms with van der Waals surface area (Å²) in [6.45, 7) is 2.02. The molecular weight excluding hydrogens is 214 g/mol. The van der Waals surface area contributed by atoms with Crippen molar-refractivity contribution in [3.8, 4) is 5.75 Å². The fourth-order valence-electron chi connectivity index (χ4n) is 2.34. The molecule has 1 aromatic rings. The highest BCUT2D eigenvalue weighted by Crippen LogP contribution is 2.38. The quantitative estimate of drug-likeness (QED) is 0.854. The van der Waals surface area contributed by atoms with E-state index in [2.05, 4.69) is 24.1 Å². The maximum absolute atomic E-state index is 9.90. The van der Waals surface area contributed by atoms with Crippen molar-refractivity contribution in [2.24, 2.45) is 0 Å². The molecule has 1 saturated carbocycles. The minimum absolute atomic E-state index is 0.333. The van der Waals surface area contributed by atoms with Gasteiger partial charge in [-0.3, -0.25) is 4.90 Å². The van der Waals surface area contributed by atoms with Gasteiger partial charge in [-0.05, 0) is 37.6 Å². The van der Waals surface area contributed by atoms with Crippen LogP contribution in [0.15, 0.2) is 24.3 Å². The van der Waals surface area contributed by atoms with Crippen molar-refractivity contribution >= 4 is 0 Å². The summed E-state index contributed by atoms with van der Waals surface area (Å²) in [5.74, 6) is 0.935. The van der Waals surface area contributed by atoms with Crippen LogP contribution in [0.2, 0.25) is 0 Å². The lowest BCUT2D eigenvalue weighted by atomic mass is 10.1. The number of nitrogens with zero attached hydrogens (tertiary/aromatic N) is 1. The Bertz CT molecular complexity index is 408. The maximum Gasteiger partial charge on any atom is 0.124 e. The van der Waals surface area contributed by atoms with Crippen molar-refractivity contribution in [3.63, 3.8) is 0 Å². The smallest absolute Gasteiger partial charge is 0.124 e. The lowest BCUT2D eigenvalue weighted by Gasteiger charge is -2.36. The Morgan fingerprint density at radius 2 is 2.18 bits per heavy atom. The van der Waals surface area contributed by atoms with Crippen LogP contribution in [0.25, 0.3) is 0 Å². The maximum atomic E-state index is 9.90. The molecular formula is C14H19NO2. The van der Waals surface area contributed by atoms with Gasteiger partial charge in [-0.25, -0.2) is 0 Å². The molecule has 3 rings (SSSR count). The molecule has 0 bridgehead atoms. The van der Waals surface area contributed by atoms with Crippen molar-refractivity contribution in [2.45, 2.75) is 31.0 Å². The highest BCUT2D eigenvalue weighted by Gasteiger charge is 2.40. The number of benzene rings is 1. The highest BCUT2D eigenvalue weighted by molar-refractivity contribution is 5.30. The Labute approximate surface area is 102 Å². The topological polar surface area (TPSA) is 32.7 Å². The summed E-state index contributed by atoms with van der Waals surface area (Å²) < 4.78 is 5.87. The summed E-state index contributed by atoms with van der Waals surface area (Å²) in [7, 11) is 2.10. The molecule has 0 spiro atoms. The Morgan fingerprint density at radius 1 is 1.41 bits per heavy atom. The molecule has 1 aliphatic heterocycles. The number of likely N-dealkylation sites (tertiary alicyclic amines) is 1. The van der Waals surface area contributed by atoms with Gasteiger partial charge in [0.1, 0.15) is 11.9 Å². The van der Waals surface area contributed by atoms with Gasteiger partial charge in [0.2, 0.25) is 0 Å². The van der Waals surface area contributed by atoms with Crippen LogP contribution >= 0.6 is 0 Å². The number of likely N-dealkylation sites (N-methyl/N-ethyl adjacent to an activating group) is 1. The van der Waals surface area contributed by atoms with Crippen LogP contribution in [0.4, 0.5) is 0 Å². The molecule has 0 atom stereocenters. The number of hydrogen-bond donors (Lipinski definition) is 1. The SMILES string of the molecule is CN1CC(Oc2cccc(CC3(O)CC3)c2)C1. The van der Waals surface area contributed by atoms with Gasteiger partial charge in [-0.2, -0.15) is 0 Å². The number of rotatable bonds is 4. The Morgan fingerprint density at radius 3 is 2.82 bits per heavy atom. The molecule has 1 saturated heterocycles. The molecule has 17 heavy (non-hydrogen) atoms. The van der Waals surface area contributed by atoms with E-state index in [1.165, 1.54) is 5.56 Å². The number of aliphatic hydroxyl groups is 1. The largest absolute Gasteiger partial charge is 0.488 e. The molecule has 2 fully saturated rings. The molecule has 1 aliphatic carbocycles. The first-order chi connectivity index (χ1) is 8.13. The molecule has 0 radical (unpaired) electrons. The van der Waals surface area contributed by atoms with Crippen molar-refractivity contribution in [3.05, 3.63) is 29.8 Å². The monoisotopic (exact) mass is 233 g/mol. The van der Waals surface area contributed by atoms with Gasteiger partial charge < -0.3 is 9.84 Å². The fraction of sp³-hybridized carbons (Fsp3) is 0.571. The average Bonchev–Trinajstić information content (AvgIpc) is 2.94. The molecule has 92 valence electrons. The van der Waals surface area contributed by atoms with Gasteiger partial charge in [0.05, 0.1) is 5.60 Å². The van der Waals surface area contributed by atoms with Gasteiger partial charge in [0.25, 0.3) is 0 Å². The van der Waals surface area contributed by atoms with Crippen molar-refractivity contribution in [1.82, 2.24) is 4.90 Å². The van der Waals surface area contributed by atoms with Crippen molar-refractivity contribution in [1.29, 1.82) is 0 Å². The van der Waals surface area contributed by atoms with Gasteiger partial charge >= 0.3 is 0 Å². The third kappa shape index (κ3) is 2.61. The summed E-state index contributed by atoms with van der Waals surface area (Å²) in [5, 5.41) is 9.90. The summed E-state index contributed by atoms with van der Waals surface area (Å²) in [6.07, 6.45) is 2.96. The van der Waals surface area contributed by atoms with E-state index in [1.54, 1.807) is 0 Å². The molecule has 1 heterocycles. The highest BCUT2D eigenvalue weighted by atomic mass is 16.5. The lowest BCUT2D eigenvalue weighted by Crippen LogP contribution is -2.51. The van der Waals surface area contributed by atoms with E-state index in [9.17, 15) is 5.11 Å². The summed E-state index contributed by atoms with van der Waals surface area (Å²) in [4.78, 5) is 2.24. The molecule has 1 N–H and O–H groups in total.